The zero-order valence-corrected chi connectivity index (χ0v) is 10.1. The van der Waals surface area contributed by atoms with Gasteiger partial charge in [0, 0.05) is 19.0 Å². The first kappa shape index (κ1) is 13.6. The Kier molecular flexibility index (Phi) is 3.84. The van der Waals surface area contributed by atoms with Crippen molar-refractivity contribution in [3.8, 4) is 0 Å². The van der Waals surface area contributed by atoms with Gasteiger partial charge in [-0.15, -0.1) is 0 Å². The lowest BCUT2D eigenvalue weighted by molar-refractivity contribution is -0.200. The molecule has 1 saturated heterocycles. The zero-order valence-electron chi connectivity index (χ0n) is 10.1. The fraction of sp³-hybridized carbons (Fsp3) is 0.917. The van der Waals surface area contributed by atoms with Crippen molar-refractivity contribution in [3.05, 3.63) is 0 Å². The molecule has 1 amide bonds. The van der Waals surface area contributed by atoms with E-state index < -0.39 is 30.0 Å². The van der Waals surface area contributed by atoms with Gasteiger partial charge in [-0.25, -0.2) is 0 Å². The van der Waals surface area contributed by atoms with Crippen molar-refractivity contribution in [2.75, 3.05) is 13.1 Å². The normalized spacial score (nSPS) is 33.8. The molecule has 1 saturated carbocycles. The standard InChI is InChI=1S/C12H18F3NO2/c13-12(14,15)10-4-2-1-3-9(10)11(18)16-6-5-8(17)7-16/h8-10,17H,1-7H2/t8-,9?,10?/m0/s1. The number of carbonyl (C=O) groups excluding carboxylic acids is 1. The number of halogens is 3. The molecular formula is C12H18F3NO2. The predicted octanol–water partition coefficient (Wildman–Crippen LogP) is 1.95. The number of nitrogens with zero attached hydrogens (tertiary/aromatic N) is 1. The van der Waals surface area contributed by atoms with Crippen LogP contribution < -0.4 is 0 Å². The van der Waals surface area contributed by atoms with E-state index in [9.17, 15) is 23.1 Å². The van der Waals surface area contributed by atoms with E-state index in [1.54, 1.807) is 0 Å². The van der Waals surface area contributed by atoms with Crippen LogP contribution >= 0.6 is 0 Å². The maximum Gasteiger partial charge on any atom is 0.392 e. The van der Waals surface area contributed by atoms with Gasteiger partial charge in [-0.1, -0.05) is 12.8 Å². The average molecular weight is 265 g/mol. The molecule has 2 aliphatic rings. The minimum atomic E-state index is -4.29. The molecule has 2 rings (SSSR count). The molecule has 1 heterocycles. The van der Waals surface area contributed by atoms with Crippen LogP contribution in [0.1, 0.15) is 32.1 Å². The number of alkyl halides is 3. The summed E-state index contributed by atoms with van der Waals surface area (Å²) in [5.41, 5.74) is 0. The summed E-state index contributed by atoms with van der Waals surface area (Å²) in [4.78, 5) is 13.5. The van der Waals surface area contributed by atoms with Gasteiger partial charge in [0.1, 0.15) is 0 Å². The van der Waals surface area contributed by atoms with Gasteiger partial charge in [0.25, 0.3) is 0 Å². The maximum atomic E-state index is 12.9. The summed E-state index contributed by atoms with van der Waals surface area (Å²) in [6, 6.07) is 0. The van der Waals surface area contributed by atoms with Crippen molar-refractivity contribution in [1.29, 1.82) is 0 Å². The van der Waals surface area contributed by atoms with Crippen LogP contribution in [0.15, 0.2) is 0 Å². The lowest BCUT2D eigenvalue weighted by atomic mass is 9.78. The Labute approximate surface area is 104 Å². The fourth-order valence-corrected chi connectivity index (χ4v) is 2.99. The molecule has 2 unspecified atom stereocenters. The third kappa shape index (κ3) is 2.79. The molecular weight excluding hydrogens is 247 g/mol. The van der Waals surface area contributed by atoms with Crippen LogP contribution in [0.2, 0.25) is 0 Å². The van der Waals surface area contributed by atoms with E-state index in [2.05, 4.69) is 0 Å². The number of aliphatic hydroxyl groups excluding tert-OH is 1. The van der Waals surface area contributed by atoms with E-state index in [1.165, 1.54) is 4.90 Å². The molecule has 3 nitrogen and oxygen atoms in total. The summed E-state index contributed by atoms with van der Waals surface area (Å²) in [6.45, 7) is 0.557. The Morgan fingerprint density at radius 2 is 1.83 bits per heavy atom. The Balaban J connectivity index is 2.07. The summed E-state index contributed by atoms with van der Waals surface area (Å²) in [5.74, 6) is -2.87. The lowest BCUT2D eigenvalue weighted by Gasteiger charge is -2.34. The van der Waals surface area contributed by atoms with Crippen molar-refractivity contribution in [2.24, 2.45) is 11.8 Å². The average Bonchev–Trinajstić information content (AvgIpc) is 2.74. The summed E-state index contributed by atoms with van der Waals surface area (Å²) in [5, 5.41) is 9.36. The molecule has 1 aliphatic heterocycles. The molecule has 0 aromatic heterocycles. The number of aliphatic hydroxyl groups is 1. The summed E-state index contributed by atoms with van der Waals surface area (Å²) < 4.78 is 38.7. The predicted molar refractivity (Wildman–Crippen MR) is 58.7 cm³/mol. The largest absolute Gasteiger partial charge is 0.392 e. The molecule has 18 heavy (non-hydrogen) atoms. The molecule has 104 valence electrons. The Morgan fingerprint density at radius 1 is 1.17 bits per heavy atom. The van der Waals surface area contributed by atoms with Gasteiger partial charge >= 0.3 is 6.18 Å². The fourth-order valence-electron chi connectivity index (χ4n) is 2.99. The Hall–Kier alpha value is -0.780. The van der Waals surface area contributed by atoms with E-state index in [0.29, 0.717) is 32.2 Å². The first-order chi connectivity index (χ1) is 8.39. The van der Waals surface area contributed by atoms with Gasteiger partial charge in [0.2, 0.25) is 5.91 Å². The number of hydrogen-bond donors (Lipinski definition) is 1. The van der Waals surface area contributed by atoms with Crippen molar-refractivity contribution in [2.45, 2.75) is 44.4 Å². The highest BCUT2D eigenvalue weighted by molar-refractivity contribution is 5.79. The number of rotatable bonds is 1. The molecule has 0 spiro atoms. The molecule has 0 radical (unpaired) electrons. The van der Waals surface area contributed by atoms with Crippen LogP contribution in [0.25, 0.3) is 0 Å². The third-order valence-electron chi connectivity index (χ3n) is 3.98. The van der Waals surface area contributed by atoms with Crippen LogP contribution in [0, 0.1) is 11.8 Å². The first-order valence-corrected chi connectivity index (χ1v) is 6.43. The maximum absolute atomic E-state index is 12.9. The van der Waals surface area contributed by atoms with E-state index in [-0.39, 0.29) is 13.0 Å². The quantitative estimate of drug-likeness (QED) is 0.787. The van der Waals surface area contributed by atoms with Gasteiger partial charge in [0.15, 0.2) is 0 Å². The number of likely N-dealkylation sites (tertiary alicyclic amines) is 1. The van der Waals surface area contributed by atoms with E-state index >= 15 is 0 Å². The minimum absolute atomic E-state index is 0.0519. The lowest BCUT2D eigenvalue weighted by Crippen LogP contribution is -2.44. The molecule has 0 aromatic carbocycles. The summed E-state index contributed by atoms with van der Waals surface area (Å²) >= 11 is 0. The van der Waals surface area contributed by atoms with Crippen molar-refractivity contribution in [3.63, 3.8) is 0 Å². The monoisotopic (exact) mass is 265 g/mol. The van der Waals surface area contributed by atoms with Crippen LogP contribution in [-0.4, -0.2) is 41.3 Å². The van der Waals surface area contributed by atoms with E-state index in [1.807, 2.05) is 0 Å². The molecule has 2 fully saturated rings. The van der Waals surface area contributed by atoms with Crippen LogP contribution in [0.4, 0.5) is 13.2 Å². The number of β-amino-alcohol motifs (C(OH)–C–C–N with tert-alkyl or cyclic N) is 1. The van der Waals surface area contributed by atoms with Gasteiger partial charge in [-0.2, -0.15) is 13.2 Å². The second-order valence-electron chi connectivity index (χ2n) is 5.27. The SMILES string of the molecule is O=C(C1CCCCC1C(F)(F)F)N1CC[C@H](O)C1. The number of hydrogen-bond acceptors (Lipinski definition) is 2. The molecule has 1 aliphatic carbocycles. The number of carbonyl (C=O) groups is 1. The second kappa shape index (κ2) is 5.07. The first-order valence-electron chi connectivity index (χ1n) is 6.43. The highest BCUT2D eigenvalue weighted by atomic mass is 19.4. The topological polar surface area (TPSA) is 40.5 Å². The molecule has 6 heteroatoms. The highest BCUT2D eigenvalue weighted by Gasteiger charge is 2.49. The van der Waals surface area contributed by atoms with Gasteiger partial charge < -0.3 is 10.0 Å². The Morgan fingerprint density at radius 3 is 2.39 bits per heavy atom. The van der Waals surface area contributed by atoms with Gasteiger partial charge in [-0.3, -0.25) is 4.79 Å². The van der Waals surface area contributed by atoms with Gasteiger partial charge in [0.05, 0.1) is 12.0 Å². The molecule has 0 bridgehead atoms. The van der Waals surface area contributed by atoms with Crippen LogP contribution in [0.3, 0.4) is 0 Å². The Bertz CT molecular complexity index is 319. The molecule has 3 atom stereocenters. The van der Waals surface area contributed by atoms with Crippen LogP contribution in [-0.2, 0) is 4.79 Å². The zero-order chi connectivity index (χ0) is 13.3. The van der Waals surface area contributed by atoms with Crippen molar-refractivity contribution < 1.29 is 23.1 Å². The second-order valence-corrected chi connectivity index (χ2v) is 5.27. The third-order valence-corrected chi connectivity index (χ3v) is 3.98. The van der Waals surface area contributed by atoms with Crippen molar-refractivity contribution in [1.82, 2.24) is 4.90 Å². The molecule has 1 N–H and O–H groups in total. The van der Waals surface area contributed by atoms with Crippen molar-refractivity contribution >= 4 is 5.91 Å². The summed E-state index contributed by atoms with van der Waals surface area (Å²) in [6.07, 6.45) is -2.82. The molecule has 0 aromatic rings. The highest BCUT2D eigenvalue weighted by Crippen LogP contribution is 2.42. The van der Waals surface area contributed by atoms with Gasteiger partial charge in [-0.05, 0) is 19.3 Å². The minimum Gasteiger partial charge on any atom is -0.391 e. The van der Waals surface area contributed by atoms with E-state index in [4.69, 9.17) is 0 Å². The summed E-state index contributed by atoms with van der Waals surface area (Å²) in [7, 11) is 0. The number of amides is 1. The smallest absolute Gasteiger partial charge is 0.391 e. The van der Waals surface area contributed by atoms with Crippen LogP contribution in [0.5, 0.6) is 0 Å². The van der Waals surface area contributed by atoms with E-state index in [0.717, 1.165) is 0 Å².